The minimum absolute atomic E-state index is 0.172. The monoisotopic (exact) mass is 212 g/mol. The number of nitrogens with zero attached hydrogens (tertiary/aromatic N) is 2. The van der Waals surface area contributed by atoms with Gasteiger partial charge < -0.3 is 10.2 Å². The van der Waals surface area contributed by atoms with Crippen LogP contribution in [0, 0.1) is 0 Å². The molecule has 0 spiro atoms. The molecule has 0 bridgehead atoms. The molecule has 0 fully saturated rings. The Morgan fingerprint density at radius 2 is 1.38 bits per heavy atom. The molecule has 4 nitrogen and oxygen atoms in total. The second-order valence-corrected chi connectivity index (χ2v) is 3.50. The molecule has 2 aromatic heterocycles. The van der Waals surface area contributed by atoms with Gasteiger partial charge in [0.2, 0.25) is 0 Å². The lowest BCUT2D eigenvalue weighted by Gasteiger charge is -2.06. The van der Waals surface area contributed by atoms with Gasteiger partial charge in [-0.1, -0.05) is 0 Å². The van der Waals surface area contributed by atoms with Crippen LogP contribution < -0.4 is 0 Å². The molecule has 0 amide bonds. The Kier molecular flexibility index (Phi) is 1.71. The summed E-state index contributed by atoms with van der Waals surface area (Å²) in [6.07, 6.45) is 3.21. The van der Waals surface area contributed by atoms with Gasteiger partial charge in [-0.3, -0.25) is 9.97 Å². The van der Waals surface area contributed by atoms with Crippen LogP contribution in [0.1, 0.15) is 0 Å². The Balaban J connectivity index is 2.69. The molecular weight excluding hydrogens is 204 g/mol. The minimum atomic E-state index is -0.198. The summed E-state index contributed by atoms with van der Waals surface area (Å²) in [5, 5.41) is 20.9. The van der Waals surface area contributed by atoms with E-state index in [1.165, 1.54) is 0 Å². The lowest BCUT2D eigenvalue weighted by Crippen LogP contribution is -1.85. The van der Waals surface area contributed by atoms with Crippen molar-refractivity contribution >= 4 is 21.8 Å². The summed E-state index contributed by atoms with van der Waals surface area (Å²) in [5.74, 6) is -0.370. The van der Waals surface area contributed by atoms with E-state index in [0.29, 0.717) is 16.4 Å². The quantitative estimate of drug-likeness (QED) is 0.443. The molecule has 0 aliphatic carbocycles. The Morgan fingerprint density at radius 1 is 0.750 bits per heavy atom. The average molecular weight is 212 g/mol. The molecular formula is C12H8N2O2. The van der Waals surface area contributed by atoms with E-state index >= 15 is 0 Å². The lowest BCUT2D eigenvalue weighted by molar-refractivity contribution is 0.411. The number of hydrogen-bond acceptors (Lipinski definition) is 4. The molecule has 0 unspecified atom stereocenters. The molecule has 0 saturated heterocycles. The van der Waals surface area contributed by atoms with Gasteiger partial charge in [-0.05, 0) is 24.3 Å². The lowest BCUT2D eigenvalue weighted by atomic mass is 10.1. The zero-order chi connectivity index (χ0) is 11.1. The van der Waals surface area contributed by atoms with Gasteiger partial charge in [-0.15, -0.1) is 0 Å². The molecule has 2 N–H and O–H groups in total. The van der Waals surface area contributed by atoms with Crippen LogP contribution in [0.15, 0.2) is 36.7 Å². The number of benzene rings is 1. The minimum Gasteiger partial charge on any atom is -0.504 e. The predicted molar refractivity (Wildman–Crippen MR) is 60.4 cm³/mol. The van der Waals surface area contributed by atoms with E-state index in [0.717, 1.165) is 5.39 Å². The standard InChI is InChI=1S/C12H8N2O2/c15-11-8-4-2-5-13-9(8)7-3-1-6-14-10(7)12(11)16/h1-6,15-16H. The first-order valence-corrected chi connectivity index (χ1v) is 4.82. The number of rotatable bonds is 0. The summed E-state index contributed by atoms with van der Waals surface area (Å²) in [4.78, 5) is 8.24. The highest BCUT2D eigenvalue weighted by molar-refractivity contribution is 6.09. The second-order valence-electron chi connectivity index (χ2n) is 3.50. The molecule has 3 rings (SSSR count). The van der Waals surface area contributed by atoms with Gasteiger partial charge in [0.05, 0.1) is 5.52 Å². The summed E-state index contributed by atoms with van der Waals surface area (Å²) in [6, 6.07) is 7.01. The summed E-state index contributed by atoms with van der Waals surface area (Å²) in [7, 11) is 0. The Labute approximate surface area is 90.8 Å². The molecule has 3 aromatic rings. The van der Waals surface area contributed by atoms with E-state index in [-0.39, 0.29) is 11.5 Å². The van der Waals surface area contributed by atoms with Crippen molar-refractivity contribution in [2.24, 2.45) is 0 Å². The average Bonchev–Trinajstić information content (AvgIpc) is 2.36. The highest BCUT2D eigenvalue weighted by Crippen LogP contribution is 2.39. The summed E-state index contributed by atoms with van der Waals surface area (Å²) < 4.78 is 0. The topological polar surface area (TPSA) is 66.2 Å². The number of aromatic nitrogens is 2. The van der Waals surface area contributed by atoms with Crippen LogP contribution in [0.25, 0.3) is 21.8 Å². The van der Waals surface area contributed by atoms with E-state index < -0.39 is 0 Å². The fourth-order valence-corrected chi connectivity index (χ4v) is 1.84. The Morgan fingerprint density at radius 3 is 2.12 bits per heavy atom. The fraction of sp³-hybridized carbons (Fsp3) is 0. The van der Waals surface area contributed by atoms with Crippen molar-refractivity contribution in [3.8, 4) is 11.5 Å². The van der Waals surface area contributed by atoms with Gasteiger partial charge in [0.1, 0.15) is 5.52 Å². The zero-order valence-corrected chi connectivity index (χ0v) is 8.25. The third-order valence-electron chi connectivity index (χ3n) is 2.57. The predicted octanol–water partition coefficient (Wildman–Crippen LogP) is 2.19. The van der Waals surface area contributed by atoms with Crippen LogP contribution >= 0.6 is 0 Å². The maximum absolute atomic E-state index is 9.83. The SMILES string of the molecule is Oc1c(O)c2ncccc2c2ncccc12. The third-order valence-corrected chi connectivity index (χ3v) is 2.57. The molecule has 0 radical (unpaired) electrons. The maximum Gasteiger partial charge on any atom is 0.185 e. The summed E-state index contributed by atoms with van der Waals surface area (Å²) in [5.41, 5.74) is 1.01. The molecule has 1 aromatic carbocycles. The molecule has 16 heavy (non-hydrogen) atoms. The Bertz CT molecular complexity index is 634. The Hall–Kier alpha value is -2.36. The van der Waals surface area contributed by atoms with Gasteiger partial charge >= 0.3 is 0 Å². The van der Waals surface area contributed by atoms with Crippen molar-refractivity contribution < 1.29 is 10.2 Å². The van der Waals surface area contributed by atoms with E-state index in [1.807, 2.05) is 6.07 Å². The molecule has 0 atom stereocenters. The van der Waals surface area contributed by atoms with E-state index in [1.54, 1.807) is 30.6 Å². The van der Waals surface area contributed by atoms with Crippen molar-refractivity contribution in [2.45, 2.75) is 0 Å². The van der Waals surface area contributed by atoms with Crippen molar-refractivity contribution in [3.05, 3.63) is 36.7 Å². The van der Waals surface area contributed by atoms with Gasteiger partial charge in [0.15, 0.2) is 11.5 Å². The molecule has 4 heteroatoms. The van der Waals surface area contributed by atoms with Crippen molar-refractivity contribution in [1.29, 1.82) is 0 Å². The third kappa shape index (κ3) is 1.04. The van der Waals surface area contributed by atoms with Gasteiger partial charge in [-0.25, -0.2) is 0 Å². The van der Waals surface area contributed by atoms with Gasteiger partial charge in [0, 0.05) is 23.2 Å². The molecule has 0 aliphatic heterocycles. The van der Waals surface area contributed by atoms with E-state index in [4.69, 9.17) is 0 Å². The molecule has 2 heterocycles. The maximum atomic E-state index is 9.83. The van der Waals surface area contributed by atoms with Crippen LogP contribution in [0.3, 0.4) is 0 Å². The first-order valence-electron chi connectivity index (χ1n) is 4.82. The van der Waals surface area contributed by atoms with Crippen LogP contribution in [-0.4, -0.2) is 20.2 Å². The highest BCUT2D eigenvalue weighted by Gasteiger charge is 2.13. The van der Waals surface area contributed by atoms with Crippen LogP contribution in [0.5, 0.6) is 11.5 Å². The van der Waals surface area contributed by atoms with Gasteiger partial charge in [0.25, 0.3) is 0 Å². The van der Waals surface area contributed by atoms with Crippen molar-refractivity contribution in [2.75, 3.05) is 0 Å². The number of pyridine rings is 2. The smallest absolute Gasteiger partial charge is 0.185 e. The molecule has 0 aliphatic rings. The van der Waals surface area contributed by atoms with Crippen LogP contribution in [0.2, 0.25) is 0 Å². The number of phenolic OH excluding ortho intramolecular Hbond substituents is 2. The highest BCUT2D eigenvalue weighted by atomic mass is 16.3. The number of aromatic hydroxyl groups is 2. The summed E-state index contributed by atoms with van der Waals surface area (Å²) >= 11 is 0. The van der Waals surface area contributed by atoms with Crippen LogP contribution in [-0.2, 0) is 0 Å². The second kappa shape index (κ2) is 3.06. The first kappa shape index (κ1) is 8.91. The van der Waals surface area contributed by atoms with Crippen LogP contribution in [0.4, 0.5) is 0 Å². The van der Waals surface area contributed by atoms with Gasteiger partial charge in [-0.2, -0.15) is 0 Å². The van der Waals surface area contributed by atoms with Crippen molar-refractivity contribution in [1.82, 2.24) is 9.97 Å². The summed E-state index contributed by atoms with van der Waals surface area (Å²) in [6.45, 7) is 0. The number of phenols is 2. The molecule has 78 valence electrons. The van der Waals surface area contributed by atoms with Crippen molar-refractivity contribution in [3.63, 3.8) is 0 Å². The fourth-order valence-electron chi connectivity index (χ4n) is 1.84. The number of hydrogen-bond donors (Lipinski definition) is 2. The van der Waals surface area contributed by atoms with E-state index in [9.17, 15) is 10.2 Å². The molecule has 0 saturated carbocycles. The number of fused-ring (bicyclic) bond motifs is 3. The van der Waals surface area contributed by atoms with E-state index in [2.05, 4.69) is 9.97 Å². The normalized spacial score (nSPS) is 11.0. The zero-order valence-electron chi connectivity index (χ0n) is 8.25. The largest absolute Gasteiger partial charge is 0.504 e. The first-order chi connectivity index (χ1) is 7.79.